The molecule has 1 aromatic heterocycles. The zero-order chi connectivity index (χ0) is 17.8. The van der Waals surface area contributed by atoms with Crippen molar-refractivity contribution in [2.45, 2.75) is 9.92 Å². The highest BCUT2D eigenvalue weighted by molar-refractivity contribution is 7.99. The van der Waals surface area contributed by atoms with E-state index in [2.05, 4.69) is 4.98 Å². The highest BCUT2D eigenvalue weighted by Crippen LogP contribution is 2.29. The predicted molar refractivity (Wildman–Crippen MR) is 98.5 cm³/mol. The van der Waals surface area contributed by atoms with Gasteiger partial charge in [0.1, 0.15) is 0 Å². The Bertz CT molecular complexity index is 942. The number of methoxy groups -OCH3 is 2. The van der Waals surface area contributed by atoms with E-state index in [1.807, 2.05) is 12.1 Å². The Morgan fingerprint density at radius 3 is 2.44 bits per heavy atom. The molecule has 0 saturated carbocycles. The van der Waals surface area contributed by atoms with Crippen molar-refractivity contribution < 1.29 is 9.47 Å². The molecule has 0 aliphatic carbocycles. The molecule has 0 atom stereocenters. The monoisotopic (exact) mass is 374 g/mol. The van der Waals surface area contributed by atoms with Crippen LogP contribution in [0.2, 0.25) is 5.02 Å². The van der Waals surface area contributed by atoms with E-state index in [0.29, 0.717) is 27.2 Å². The zero-order valence-corrected chi connectivity index (χ0v) is 15.2. The molecule has 128 valence electrons. The predicted octanol–water partition coefficient (Wildman–Crippen LogP) is 4.05. The molecule has 3 rings (SSSR count). The Morgan fingerprint density at radius 1 is 1.04 bits per heavy atom. The maximum atomic E-state index is 12.8. The van der Waals surface area contributed by atoms with E-state index in [-0.39, 0.29) is 5.56 Å². The molecule has 2 aromatic carbocycles. The van der Waals surface area contributed by atoms with Gasteiger partial charge in [-0.2, -0.15) is 0 Å². The molecule has 0 N–H and O–H groups in total. The fourth-order valence-electron chi connectivity index (χ4n) is 2.26. The summed E-state index contributed by atoms with van der Waals surface area (Å²) in [7, 11) is 3.12. The third-order valence-corrected chi connectivity index (χ3v) is 4.72. The number of hydrogen-bond acceptors (Lipinski definition) is 5. The lowest BCUT2D eigenvalue weighted by Gasteiger charge is -2.11. The van der Waals surface area contributed by atoms with E-state index in [0.717, 1.165) is 4.90 Å². The van der Waals surface area contributed by atoms with Crippen LogP contribution in [-0.4, -0.2) is 23.8 Å². The minimum Gasteiger partial charge on any atom is -0.493 e. The highest BCUT2D eigenvalue weighted by Gasteiger charge is 2.11. The lowest BCUT2D eigenvalue weighted by Crippen LogP contribution is -2.20. The standard InChI is InChI=1S/C18H15ClN2O3S/c1-23-15-8-5-13(11-16(15)24-2)21-10-9-20-17(18(21)22)25-14-6-3-12(19)4-7-14/h3-11H,1-2H3. The number of halogens is 1. The van der Waals surface area contributed by atoms with Crippen molar-refractivity contribution in [3.8, 4) is 17.2 Å². The van der Waals surface area contributed by atoms with Gasteiger partial charge in [-0.15, -0.1) is 0 Å². The van der Waals surface area contributed by atoms with Crippen LogP contribution < -0.4 is 15.0 Å². The largest absolute Gasteiger partial charge is 0.493 e. The number of aromatic nitrogens is 2. The van der Waals surface area contributed by atoms with E-state index in [4.69, 9.17) is 21.1 Å². The van der Waals surface area contributed by atoms with Gasteiger partial charge in [-0.1, -0.05) is 23.4 Å². The van der Waals surface area contributed by atoms with E-state index in [1.165, 1.54) is 16.3 Å². The minimum absolute atomic E-state index is 0.213. The number of hydrogen-bond donors (Lipinski definition) is 0. The van der Waals surface area contributed by atoms with Crippen LogP contribution in [0.15, 0.2) is 69.6 Å². The minimum atomic E-state index is -0.213. The quantitative estimate of drug-likeness (QED) is 0.674. The SMILES string of the molecule is COc1ccc(-n2ccnc(Sc3ccc(Cl)cc3)c2=O)cc1OC. The van der Waals surface area contributed by atoms with Gasteiger partial charge >= 0.3 is 0 Å². The van der Waals surface area contributed by atoms with Crippen LogP contribution in [0.4, 0.5) is 0 Å². The van der Waals surface area contributed by atoms with Gasteiger partial charge in [0.2, 0.25) is 0 Å². The highest BCUT2D eigenvalue weighted by atomic mass is 35.5. The van der Waals surface area contributed by atoms with Crippen molar-refractivity contribution in [3.63, 3.8) is 0 Å². The van der Waals surface area contributed by atoms with E-state index >= 15 is 0 Å². The molecule has 0 amide bonds. The van der Waals surface area contributed by atoms with Crippen LogP contribution in [0.25, 0.3) is 5.69 Å². The first-order chi connectivity index (χ1) is 12.1. The van der Waals surface area contributed by atoms with E-state index in [9.17, 15) is 4.79 Å². The number of benzene rings is 2. The summed E-state index contributed by atoms with van der Waals surface area (Å²) in [6.45, 7) is 0. The zero-order valence-electron chi connectivity index (χ0n) is 13.6. The van der Waals surface area contributed by atoms with Crippen LogP contribution >= 0.6 is 23.4 Å². The van der Waals surface area contributed by atoms with Crippen molar-refractivity contribution in [2.24, 2.45) is 0 Å². The Labute approximate surface area is 154 Å². The summed E-state index contributed by atoms with van der Waals surface area (Å²) in [5.41, 5.74) is 0.456. The van der Waals surface area contributed by atoms with Gasteiger partial charge in [-0.3, -0.25) is 9.36 Å². The topological polar surface area (TPSA) is 53.4 Å². The van der Waals surface area contributed by atoms with Crippen molar-refractivity contribution >= 4 is 23.4 Å². The smallest absolute Gasteiger partial charge is 0.287 e. The second-order valence-corrected chi connectivity index (χ2v) is 6.50. The molecule has 0 fully saturated rings. The molecule has 1 heterocycles. The summed E-state index contributed by atoms with van der Waals surface area (Å²) in [5.74, 6) is 1.15. The van der Waals surface area contributed by atoms with Crippen LogP contribution in [0.1, 0.15) is 0 Å². The molecule has 0 aliphatic rings. The lowest BCUT2D eigenvalue weighted by atomic mass is 10.2. The van der Waals surface area contributed by atoms with E-state index in [1.54, 1.807) is 56.9 Å². The Kier molecular flexibility index (Phi) is 5.31. The van der Waals surface area contributed by atoms with Gasteiger partial charge in [0.05, 0.1) is 19.9 Å². The number of rotatable bonds is 5. The summed E-state index contributed by atoms with van der Waals surface area (Å²) in [6, 6.07) is 12.5. The molecular formula is C18H15ClN2O3S. The summed E-state index contributed by atoms with van der Waals surface area (Å²) < 4.78 is 12.1. The summed E-state index contributed by atoms with van der Waals surface area (Å²) in [5, 5.41) is 1.02. The van der Waals surface area contributed by atoms with Crippen LogP contribution in [0, 0.1) is 0 Å². The lowest BCUT2D eigenvalue weighted by molar-refractivity contribution is 0.355. The number of ether oxygens (including phenoxy) is 2. The second-order valence-electron chi connectivity index (χ2n) is 5.00. The van der Waals surface area contributed by atoms with Crippen molar-refractivity contribution in [3.05, 3.63) is 70.2 Å². The molecule has 3 aromatic rings. The molecule has 0 radical (unpaired) electrons. The van der Waals surface area contributed by atoms with Gasteiger partial charge in [0, 0.05) is 28.4 Å². The fraction of sp³-hybridized carbons (Fsp3) is 0.111. The normalized spacial score (nSPS) is 10.5. The Balaban J connectivity index is 1.98. The fourth-order valence-corrected chi connectivity index (χ4v) is 3.18. The van der Waals surface area contributed by atoms with Crippen molar-refractivity contribution in [1.29, 1.82) is 0 Å². The van der Waals surface area contributed by atoms with Gasteiger partial charge < -0.3 is 9.47 Å². The van der Waals surface area contributed by atoms with Crippen molar-refractivity contribution in [1.82, 2.24) is 9.55 Å². The maximum Gasteiger partial charge on any atom is 0.287 e. The molecule has 0 unspecified atom stereocenters. The van der Waals surface area contributed by atoms with Gasteiger partial charge in [-0.05, 0) is 36.4 Å². The summed E-state index contributed by atoms with van der Waals surface area (Å²) in [4.78, 5) is 17.9. The molecule has 0 spiro atoms. The molecule has 5 nitrogen and oxygen atoms in total. The average molecular weight is 375 g/mol. The molecular weight excluding hydrogens is 360 g/mol. The van der Waals surface area contributed by atoms with Gasteiger partial charge in [0.25, 0.3) is 5.56 Å². The number of nitrogens with zero attached hydrogens (tertiary/aromatic N) is 2. The Morgan fingerprint density at radius 2 is 1.76 bits per heavy atom. The first-order valence-corrected chi connectivity index (χ1v) is 8.55. The van der Waals surface area contributed by atoms with Gasteiger partial charge in [0.15, 0.2) is 16.5 Å². The van der Waals surface area contributed by atoms with Gasteiger partial charge in [-0.25, -0.2) is 4.98 Å². The molecule has 7 heteroatoms. The van der Waals surface area contributed by atoms with Crippen LogP contribution in [0.3, 0.4) is 0 Å². The average Bonchev–Trinajstić information content (AvgIpc) is 2.64. The van der Waals surface area contributed by atoms with E-state index < -0.39 is 0 Å². The molecule has 0 bridgehead atoms. The first-order valence-electron chi connectivity index (χ1n) is 7.36. The third-order valence-electron chi connectivity index (χ3n) is 3.48. The third kappa shape index (κ3) is 3.81. The van der Waals surface area contributed by atoms with Crippen molar-refractivity contribution in [2.75, 3.05) is 14.2 Å². The first kappa shape index (κ1) is 17.4. The van der Waals surface area contributed by atoms with Crippen LogP contribution in [0.5, 0.6) is 11.5 Å². The second kappa shape index (κ2) is 7.63. The summed E-state index contributed by atoms with van der Waals surface area (Å²) in [6.07, 6.45) is 3.21. The summed E-state index contributed by atoms with van der Waals surface area (Å²) >= 11 is 7.18. The van der Waals surface area contributed by atoms with Crippen LogP contribution in [-0.2, 0) is 0 Å². The molecule has 0 aliphatic heterocycles. The molecule has 25 heavy (non-hydrogen) atoms. The Hall–Kier alpha value is -2.44. The molecule has 0 saturated heterocycles. The maximum absolute atomic E-state index is 12.8.